The van der Waals surface area contributed by atoms with Gasteiger partial charge in [0.25, 0.3) is 0 Å². The van der Waals surface area contributed by atoms with Gasteiger partial charge in [0, 0.05) is 24.7 Å². The molecule has 0 aliphatic rings. The van der Waals surface area contributed by atoms with Crippen molar-refractivity contribution in [2.45, 2.75) is 32.1 Å². The minimum absolute atomic E-state index is 0.324. The lowest BCUT2D eigenvalue weighted by Gasteiger charge is -2.21. The van der Waals surface area contributed by atoms with Gasteiger partial charge >= 0.3 is 5.97 Å². The summed E-state index contributed by atoms with van der Waals surface area (Å²) in [6.45, 7) is 1.98. The van der Waals surface area contributed by atoms with Gasteiger partial charge in [0.2, 0.25) is 0 Å². The van der Waals surface area contributed by atoms with Crippen molar-refractivity contribution < 1.29 is 9.90 Å². The molecule has 0 saturated carbocycles. The second kappa shape index (κ2) is 7.90. The van der Waals surface area contributed by atoms with E-state index in [0.717, 1.165) is 23.1 Å². The van der Waals surface area contributed by atoms with Crippen molar-refractivity contribution in [3.63, 3.8) is 0 Å². The van der Waals surface area contributed by atoms with Crippen LogP contribution in [0.5, 0.6) is 0 Å². The summed E-state index contributed by atoms with van der Waals surface area (Å²) in [4.78, 5) is 11.8. The first-order valence-electron chi connectivity index (χ1n) is 8.62. The molecular weight excluding hydrogens is 332 g/mol. The van der Waals surface area contributed by atoms with Crippen LogP contribution >= 0.6 is 0 Å². The van der Waals surface area contributed by atoms with Crippen LogP contribution in [0.15, 0.2) is 36.7 Å². The maximum atomic E-state index is 11.8. The van der Waals surface area contributed by atoms with E-state index in [9.17, 15) is 9.90 Å². The van der Waals surface area contributed by atoms with E-state index in [-0.39, 0.29) is 5.92 Å². The van der Waals surface area contributed by atoms with Crippen molar-refractivity contribution in [1.29, 1.82) is 0 Å². The molecule has 0 aliphatic heterocycles. The molecule has 8 heteroatoms. The highest BCUT2D eigenvalue weighted by Gasteiger charge is 2.31. The Morgan fingerprint density at radius 2 is 2.04 bits per heavy atom. The summed E-state index contributed by atoms with van der Waals surface area (Å²) in [5.74, 6) is -1.25. The molecule has 0 fully saturated rings. The Bertz CT molecular complexity index is 841. The van der Waals surface area contributed by atoms with E-state index in [4.69, 9.17) is 0 Å². The maximum Gasteiger partial charge on any atom is 0.307 e. The summed E-state index contributed by atoms with van der Waals surface area (Å²) >= 11 is 0. The van der Waals surface area contributed by atoms with Crippen molar-refractivity contribution in [2.24, 2.45) is 13.0 Å². The number of aromatic nitrogens is 6. The molecule has 26 heavy (non-hydrogen) atoms. The minimum atomic E-state index is -0.825. The number of carboxylic acids is 1. The van der Waals surface area contributed by atoms with Crippen LogP contribution in [0.1, 0.15) is 37.1 Å². The van der Waals surface area contributed by atoms with Gasteiger partial charge in [0.05, 0.1) is 12.1 Å². The van der Waals surface area contributed by atoms with E-state index in [0.29, 0.717) is 18.7 Å². The Labute approximate surface area is 151 Å². The van der Waals surface area contributed by atoms with E-state index in [1.54, 1.807) is 4.68 Å². The van der Waals surface area contributed by atoms with Crippen molar-refractivity contribution >= 4 is 5.97 Å². The number of H-pyrrole nitrogens is 1. The van der Waals surface area contributed by atoms with Gasteiger partial charge in [-0.1, -0.05) is 42.8 Å². The molecule has 0 aliphatic carbocycles. The second-order valence-corrected chi connectivity index (χ2v) is 6.41. The monoisotopic (exact) mass is 354 g/mol. The topological polar surface area (TPSA) is 110 Å². The number of benzene rings is 1. The number of carboxylic acid groups (broad SMARTS) is 1. The highest BCUT2D eigenvalue weighted by molar-refractivity contribution is 5.71. The van der Waals surface area contributed by atoms with E-state index in [1.807, 2.05) is 50.6 Å². The summed E-state index contributed by atoms with van der Waals surface area (Å²) < 4.78 is 1.76. The first kappa shape index (κ1) is 17.8. The number of hydrogen-bond donors (Lipinski definition) is 2. The van der Waals surface area contributed by atoms with Gasteiger partial charge < -0.3 is 5.11 Å². The molecule has 3 rings (SSSR count). The molecule has 0 unspecified atom stereocenters. The Morgan fingerprint density at radius 1 is 1.27 bits per heavy atom. The summed E-state index contributed by atoms with van der Waals surface area (Å²) in [7, 11) is 1.88. The summed E-state index contributed by atoms with van der Waals surface area (Å²) in [6.07, 6.45) is 5.68. The van der Waals surface area contributed by atoms with Gasteiger partial charge in [-0.15, -0.1) is 10.2 Å². The van der Waals surface area contributed by atoms with Crippen molar-refractivity contribution in [3.8, 4) is 11.1 Å². The highest BCUT2D eigenvalue weighted by Crippen LogP contribution is 2.30. The first-order chi connectivity index (χ1) is 12.6. The number of aryl methyl sites for hydroxylation is 1. The van der Waals surface area contributed by atoms with Crippen LogP contribution in [0.4, 0.5) is 0 Å². The molecular formula is C18H22N6O2. The lowest BCUT2D eigenvalue weighted by molar-refractivity contribution is -0.142. The van der Waals surface area contributed by atoms with Crippen LogP contribution in [0.25, 0.3) is 11.1 Å². The molecule has 2 aromatic heterocycles. The number of tetrazole rings is 1. The summed E-state index contributed by atoms with van der Waals surface area (Å²) in [5.41, 5.74) is 3.15. The molecule has 1 aromatic carbocycles. The standard InChI is InChI=1S/C18H22N6O2/c1-3-4-15(18(25)26)16(17-20-22-23-21-17)9-12-5-7-13(8-6-12)14-10-19-24(2)11-14/h5-8,10-11,15-16H,3-4,9H2,1-2H3,(H,25,26)(H,20,21,22,23)/t15-,16-/m0/s1. The molecule has 8 nitrogen and oxygen atoms in total. The van der Waals surface area contributed by atoms with Gasteiger partial charge in [-0.2, -0.15) is 10.3 Å². The Hall–Kier alpha value is -3.03. The quantitative estimate of drug-likeness (QED) is 0.643. The average Bonchev–Trinajstić information content (AvgIpc) is 3.30. The third kappa shape index (κ3) is 3.96. The van der Waals surface area contributed by atoms with Crippen LogP contribution in [0, 0.1) is 5.92 Å². The van der Waals surface area contributed by atoms with Crippen molar-refractivity contribution in [1.82, 2.24) is 30.4 Å². The normalized spacial score (nSPS) is 13.5. The molecule has 0 spiro atoms. The van der Waals surface area contributed by atoms with Crippen LogP contribution in [0.2, 0.25) is 0 Å². The number of nitrogens with zero attached hydrogens (tertiary/aromatic N) is 5. The smallest absolute Gasteiger partial charge is 0.307 e. The van der Waals surface area contributed by atoms with Gasteiger partial charge in [0.15, 0.2) is 5.82 Å². The zero-order chi connectivity index (χ0) is 18.5. The largest absolute Gasteiger partial charge is 0.481 e. The minimum Gasteiger partial charge on any atom is -0.481 e. The fourth-order valence-corrected chi connectivity index (χ4v) is 3.21. The fraction of sp³-hybridized carbons (Fsp3) is 0.389. The number of nitrogens with one attached hydrogen (secondary N) is 1. The molecule has 2 N–H and O–H groups in total. The SMILES string of the molecule is CCC[C@H](C(=O)O)[C@H](Cc1ccc(-c2cnn(C)c2)cc1)c1nn[nH]n1. The summed E-state index contributed by atoms with van der Waals surface area (Å²) in [5, 5.41) is 28.0. The predicted molar refractivity (Wildman–Crippen MR) is 95.3 cm³/mol. The number of hydrogen-bond acceptors (Lipinski definition) is 5. The van der Waals surface area contributed by atoms with Crippen LogP contribution < -0.4 is 0 Å². The lowest BCUT2D eigenvalue weighted by Crippen LogP contribution is -2.25. The molecule has 0 saturated heterocycles. The predicted octanol–water partition coefficient (Wildman–Crippen LogP) is 2.43. The average molecular weight is 354 g/mol. The maximum absolute atomic E-state index is 11.8. The van der Waals surface area contributed by atoms with Crippen molar-refractivity contribution in [2.75, 3.05) is 0 Å². The van der Waals surface area contributed by atoms with Crippen LogP contribution in [0.3, 0.4) is 0 Å². The molecule has 2 atom stereocenters. The third-order valence-electron chi connectivity index (χ3n) is 4.54. The van der Waals surface area contributed by atoms with E-state index >= 15 is 0 Å². The van der Waals surface area contributed by atoms with Gasteiger partial charge in [0.1, 0.15) is 0 Å². The Morgan fingerprint density at radius 3 is 2.58 bits per heavy atom. The van der Waals surface area contributed by atoms with Gasteiger partial charge in [-0.05, 0) is 24.0 Å². The number of rotatable bonds is 8. The molecule has 0 bridgehead atoms. The lowest BCUT2D eigenvalue weighted by atomic mass is 9.83. The fourth-order valence-electron chi connectivity index (χ4n) is 3.21. The van der Waals surface area contributed by atoms with Crippen LogP contribution in [-0.2, 0) is 18.3 Å². The van der Waals surface area contributed by atoms with E-state index in [1.165, 1.54) is 0 Å². The first-order valence-corrected chi connectivity index (χ1v) is 8.62. The van der Waals surface area contributed by atoms with Gasteiger partial charge in [-0.3, -0.25) is 9.48 Å². The van der Waals surface area contributed by atoms with Crippen LogP contribution in [-0.4, -0.2) is 41.5 Å². The molecule has 0 amide bonds. The molecule has 0 radical (unpaired) electrons. The van der Waals surface area contributed by atoms with Gasteiger partial charge in [-0.25, -0.2) is 0 Å². The Kier molecular flexibility index (Phi) is 5.40. The zero-order valence-electron chi connectivity index (χ0n) is 14.8. The second-order valence-electron chi connectivity index (χ2n) is 6.41. The molecule has 136 valence electrons. The third-order valence-corrected chi connectivity index (χ3v) is 4.54. The van der Waals surface area contributed by atoms with E-state index < -0.39 is 11.9 Å². The highest BCUT2D eigenvalue weighted by atomic mass is 16.4. The number of carbonyl (C=O) groups is 1. The summed E-state index contributed by atoms with van der Waals surface area (Å²) in [6, 6.07) is 8.07. The zero-order valence-corrected chi connectivity index (χ0v) is 14.8. The molecule has 2 heterocycles. The number of aliphatic carboxylic acids is 1. The number of aromatic amines is 1. The van der Waals surface area contributed by atoms with Crippen molar-refractivity contribution in [3.05, 3.63) is 48.0 Å². The molecule has 3 aromatic rings. The van der Waals surface area contributed by atoms with E-state index in [2.05, 4.69) is 25.7 Å². The Balaban J connectivity index is 1.83.